The summed E-state index contributed by atoms with van der Waals surface area (Å²) in [4.78, 5) is 19.9. The van der Waals surface area contributed by atoms with Crippen LogP contribution >= 0.6 is 15.9 Å². The van der Waals surface area contributed by atoms with Crippen LogP contribution in [0.5, 0.6) is 0 Å². The topological polar surface area (TPSA) is 71.2 Å². The molecule has 0 amide bonds. The second kappa shape index (κ2) is 7.84. The molecule has 28 heavy (non-hydrogen) atoms. The van der Waals surface area contributed by atoms with Crippen LogP contribution in [0.3, 0.4) is 0 Å². The molecule has 0 spiro atoms. The van der Waals surface area contributed by atoms with Crippen molar-refractivity contribution in [3.05, 3.63) is 57.8 Å². The van der Waals surface area contributed by atoms with Gasteiger partial charge in [-0.3, -0.25) is 14.7 Å². The Kier molecular flexibility index (Phi) is 5.27. The number of fused-ring (bicyclic) bond motifs is 1. The summed E-state index contributed by atoms with van der Waals surface area (Å²) in [7, 11) is 0. The van der Waals surface area contributed by atoms with Gasteiger partial charge in [-0.2, -0.15) is 5.26 Å². The fourth-order valence-electron chi connectivity index (χ4n) is 3.65. The van der Waals surface area contributed by atoms with Crippen molar-refractivity contribution in [2.45, 2.75) is 6.92 Å². The molecule has 2 aromatic heterocycles. The number of rotatable bonds is 4. The number of pyridine rings is 1. The number of Topliss-reactive ketones (excluding diaryl/α,β-unsaturated/α-hetero) is 1. The van der Waals surface area contributed by atoms with Gasteiger partial charge in [0.1, 0.15) is 0 Å². The number of nitrogens with zero attached hydrogens (tertiary/aromatic N) is 4. The first kappa shape index (κ1) is 18.8. The van der Waals surface area contributed by atoms with Crippen molar-refractivity contribution in [1.82, 2.24) is 14.5 Å². The molecule has 3 heterocycles. The Hall–Kier alpha value is -2.53. The summed E-state index contributed by atoms with van der Waals surface area (Å²) < 4.78 is 8.25. The van der Waals surface area contributed by atoms with Crippen molar-refractivity contribution >= 4 is 32.7 Å². The van der Waals surface area contributed by atoms with Crippen molar-refractivity contribution in [2.75, 3.05) is 32.8 Å². The van der Waals surface area contributed by atoms with E-state index in [4.69, 9.17) is 10.00 Å². The first-order chi connectivity index (χ1) is 13.6. The highest BCUT2D eigenvalue weighted by Gasteiger charge is 2.24. The maximum absolute atomic E-state index is 13.2. The molecule has 1 aromatic carbocycles. The fourth-order valence-corrected chi connectivity index (χ4v) is 3.97. The first-order valence-corrected chi connectivity index (χ1v) is 9.88. The van der Waals surface area contributed by atoms with Crippen LogP contribution in [0.25, 0.3) is 16.7 Å². The van der Waals surface area contributed by atoms with E-state index in [0.29, 0.717) is 36.4 Å². The van der Waals surface area contributed by atoms with Gasteiger partial charge < -0.3 is 9.30 Å². The minimum absolute atomic E-state index is 0.0617. The van der Waals surface area contributed by atoms with Crippen molar-refractivity contribution in [1.29, 1.82) is 5.26 Å². The van der Waals surface area contributed by atoms with Crippen LogP contribution in [-0.2, 0) is 4.74 Å². The summed E-state index contributed by atoms with van der Waals surface area (Å²) in [6, 6.07) is 11.4. The average molecular weight is 439 g/mol. The number of carbonyl (C=O) groups is 1. The van der Waals surface area contributed by atoms with Crippen molar-refractivity contribution in [3.8, 4) is 11.8 Å². The monoisotopic (exact) mass is 438 g/mol. The second-order valence-electron chi connectivity index (χ2n) is 6.79. The van der Waals surface area contributed by atoms with E-state index in [1.807, 2.05) is 29.7 Å². The number of aromatic nitrogens is 2. The lowest BCUT2D eigenvalue weighted by atomic mass is 10.1. The highest BCUT2D eigenvalue weighted by molar-refractivity contribution is 9.10. The fraction of sp³-hybridized carbons (Fsp3) is 0.286. The van der Waals surface area contributed by atoms with E-state index in [1.165, 1.54) is 0 Å². The van der Waals surface area contributed by atoms with E-state index in [9.17, 15) is 4.79 Å². The van der Waals surface area contributed by atoms with Crippen LogP contribution in [0, 0.1) is 18.3 Å². The Morgan fingerprint density at radius 2 is 2.00 bits per heavy atom. The minimum Gasteiger partial charge on any atom is -0.379 e. The number of ether oxygens (including phenoxy) is 1. The number of hydrogen-bond donors (Lipinski definition) is 0. The Balaban J connectivity index is 1.81. The quantitative estimate of drug-likeness (QED) is 0.583. The van der Waals surface area contributed by atoms with Gasteiger partial charge in [0.05, 0.1) is 48.0 Å². The maximum atomic E-state index is 13.2. The first-order valence-electron chi connectivity index (χ1n) is 9.09. The average Bonchev–Trinajstić information content (AvgIpc) is 3.00. The Morgan fingerprint density at radius 3 is 2.68 bits per heavy atom. The van der Waals surface area contributed by atoms with E-state index in [2.05, 4.69) is 31.9 Å². The van der Waals surface area contributed by atoms with Crippen LogP contribution in [0.1, 0.15) is 21.6 Å². The van der Waals surface area contributed by atoms with Gasteiger partial charge in [0.2, 0.25) is 0 Å². The number of halogens is 1. The Labute approximate surface area is 171 Å². The number of hydrogen-bond acceptors (Lipinski definition) is 5. The second-order valence-corrected chi connectivity index (χ2v) is 7.70. The summed E-state index contributed by atoms with van der Waals surface area (Å²) in [5.74, 6) is 0.0617. The molecule has 1 aliphatic rings. The Morgan fingerprint density at radius 1 is 1.29 bits per heavy atom. The molecule has 6 nitrogen and oxygen atoms in total. The number of morpholine rings is 1. The van der Waals surface area contributed by atoms with Gasteiger partial charge >= 0.3 is 0 Å². The molecular weight excluding hydrogens is 420 g/mol. The lowest BCUT2D eigenvalue weighted by Gasteiger charge is -2.25. The molecule has 0 bridgehead atoms. The van der Waals surface area contributed by atoms with Gasteiger partial charge in [0.15, 0.2) is 5.78 Å². The van der Waals surface area contributed by atoms with Crippen LogP contribution in [0.15, 0.2) is 41.0 Å². The van der Waals surface area contributed by atoms with Gasteiger partial charge in [0.25, 0.3) is 0 Å². The van der Waals surface area contributed by atoms with E-state index in [1.54, 1.807) is 18.3 Å². The molecule has 142 valence electrons. The standard InChI is InChI=1S/C21H19BrN4O2/c1-14-20(19(27)13-25-6-8-28-9-7-25)21-18(10-16(22)12-24-21)26(14)17-4-2-15(11-23)3-5-17/h2-5,10,12H,6-9,13H2,1H3. The molecule has 0 aliphatic carbocycles. The van der Waals surface area contributed by atoms with Gasteiger partial charge in [-0.15, -0.1) is 0 Å². The number of ketones is 1. The van der Waals surface area contributed by atoms with Crippen molar-refractivity contribution in [2.24, 2.45) is 0 Å². The predicted octanol–water partition coefficient (Wildman–Crippen LogP) is 3.48. The lowest BCUT2D eigenvalue weighted by molar-refractivity contribution is 0.0371. The summed E-state index contributed by atoms with van der Waals surface area (Å²) in [6.45, 7) is 5.14. The summed E-state index contributed by atoms with van der Waals surface area (Å²) in [5, 5.41) is 9.06. The van der Waals surface area contributed by atoms with E-state index >= 15 is 0 Å². The molecule has 1 saturated heterocycles. The third kappa shape index (κ3) is 3.47. The van der Waals surface area contributed by atoms with Gasteiger partial charge in [-0.25, -0.2) is 0 Å². The zero-order valence-corrected chi connectivity index (χ0v) is 17.1. The van der Waals surface area contributed by atoms with Gasteiger partial charge in [-0.1, -0.05) is 0 Å². The SMILES string of the molecule is Cc1c(C(=O)CN2CCOCC2)c2ncc(Br)cc2n1-c1ccc(C#N)cc1. The minimum atomic E-state index is 0.0617. The smallest absolute Gasteiger partial charge is 0.180 e. The molecule has 0 N–H and O–H groups in total. The zero-order chi connectivity index (χ0) is 19.7. The number of benzene rings is 1. The summed E-state index contributed by atoms with van der Waals surface area (Å²) >= 11 is 3.49. The third-order valence-electron chi connectivity index (χ3n) is 5.01. The Bertz CT molecular complexity index is 1080. The largest absolute Gasteiger partial charge is 0.379 e. The molecule has 1 fully saturated rings. The van der Waals surface area contributed by atoms with Crippen molar-refractivity contribution < 1.29 is 9.53 Å². The highest BCUT2D eigenvalue weighted by Crippen LogP contribution is 2.30. The van der Waals surface area contributed by atoms with Crippen LogP contribution in [-0.4, -0.2) is 53.1 Å². The zero-order valence-electron chi connectivity index (χ0n) is 15.5. The normalized spacial score (nSPS) is 14.9. The van der Waals surface area contributed by atoms with Crippen molar-refractivity contribution in [3.63, 3.8) is 0 Å². The van der Waals surface area contributed by atoms with Crippen LogP contribution in [0.4, 0.5) is 0 Å². The van der Waals surface area contributed by atoms with E-state index in [0.717, 1.165) is 34.5 Å². The van der Waals surface area contributed by atoms with Crippen LogP contribution < -0.4 is 0 Å². The molecule has 7 heteroatoms. The highest BCUT2D eigenvalue weighted by atomic mass is 79.9. The number of carbonyl (C=O) groups excluding carboxylic acids is 1. The molecule has 3 aromatic rings. The molecule has 0 radical (unpaired) electrons. The molecule has 0 saturated carbocycles. The predicted molar refractivity (Wildman–Crippen MR) is 110 cm³/mol. The van der Waals surface area contributed by atoms with Gasteiger partial charge in [-0.05, 0) is 53.2 Å². The summed E-state index contributed by atoms with van der Waals surface area (Å²) in [6.07, 6.45) is 1.72. The van der Waals surface area contributed by atoms with Gasteiger partial charge in [0, 0.05) is 35.1 Å². The van der Waals surface area contributed by atoms with Crippen LogP contribution in [0.2, 0.25) is 0 Å². The molecule has 0 unspecified atom stereocenters. The number of nitriles is 1. The maximum Gasteiger partial charge on any atom is 0.180 e. The molecule has 0 atom stereocenters. The van der Waals surface area contributed by atoms with E-state index in [-0.39, 0.29) is 5.78 Å². The lowest BCUT2D eigenvalue weighted by Crippen LogP contribution is -2.39. The van der Waals surface area contributed by atoms with E-state index < -0.39 is 0 Å². The molecule has 1 aliphatic heterocycles. The summed E-state index contributed by atoms with van der Waals surface area (Å²) in [5.41, 5.74) is 4.56. The molecular formula is C21H19BrN4O2. The molecule has 4 rings (SSSR count). The third-order valence-corrected chi connectivity index (χ3v) is 5.45.